The van der Waals surface area contributed by atoms with Crippen LogP contribution in [0, 0.1) is 16.0 Å². The number of nitrogens with zero attached hydrogens (tertiary/aromatic N) is 2. The van der Waals surface area contributed by atoms with Crippen molar-refractivity contribution >= 4 is 23.0 Å². The van der Waals surface area contributed by atoms with E-state index >= 15 is 0 Å². The third kappa shape index (κ3) is 2.28. The number of aromatic nitrogens is 1. The highest BCUT2D eigenvalue weighted by atomic mass is 35.5. The van der Waals surface area contributed by atoms with Crippen LogP contribution in [0.1, 0.15) is 29.5 Å². The van der Waals surface area contributed by atoms with Gasteiger partial charge in [-0.1, -0.05) is 23.8 Å². The van der Waals surface area contributed by atoms with Crippen LogP contribution in [0.15, 0.2) is 48.8 Å². The summed E-state index contributed by atoms with van der Waals surface area (Å²) in [4.78, 5) is 14.8. The first-order valence-corrected chi connectivity index (χ1v) is 7.84. The maximum Gasteiger partial charge on any atom is 0.271 e. The van der Waals surface area contributed by atoms with E-state index < -0.39 is 4.92 Å². The van der Waals surface area contributed by atoms with E-state index in [2.05, 4.69) is 22.5 Å². The highest BCUT2D eigenvalue weighted by Crippen LogP contribution is 2.52. The Morgan fingerprint density at radius 1 is 1.30 bits per heavy atom. The van der Waals surface area contributed by atoms with Gasteiger partial charge in [0, 0.05) is 30.4 Å². The van der Waals surface area contributed by atoms with Gasteiger partial charge in [-0.3, -0.25) is 15.1 Å². The number of nitrogens with one attached hydrogen (secondary N) is 1. The molecule has 0 radical (unpaired) electrons. The molecule has 3 atom stereocenters. The predicted octanol–water partition coefficient (Wildman–Crippen LogP) is 4.47. The summed E-state index contributed by atoms with van der Waals surface area (Å²) in [5.74, 6) is 0.463. The quantitative estimate of drug-likeness (QED) is 0.502. The minimum Gasteiger partial charge on any atom is -0.376 e. The molecular formula is C17H14ClN3O2. The smallest absolute Gasteiger partial charge is 0.271 e. The predicted molar refractivity (Wildman–Crippen MR) is 88.7 cm³/mol. The Morgan fingerprint density at radius 3 is 2.83 bits per heavy atom. The number of allylic oxidation sites excluding steroid dienone is 2. The summed E-state index contributed by atoms with van der Waals surface area (Å²) < 4.78 is 0. The molecule has 1 aromatic heterocycles. The van der Waals surface area contributed by atoms with Crippen LogP contribution in [-0.4, -0.2) is 9.91 Å². The fourth-order valence-electron chi connectivity index (χ4n) is 3.65. The molecule has 0 saturated heterocycles. The van der Waals surface area contributed by atoms with E-state index in [1.54, 1.807) is 18.5 Å². The van der Waals surface area contributed by atoms with E-state index in [-0.39, 0.29) is 17.6 Å². The molecule has 0 amide bonds. The number of hydrogen-bond acceptors (Lipinski definition) is 4. The van der Waals surface area contributed by atoms with Crippen LogP contribution in [0.5, 0.6) is 0 Å². The Labute approximate surface area is 138 Å². The molecule has 2 heterocycles. The Hall–Kier alpha value is -2.40. The van der Waals surface area contributed by atoms with Gasteiger partial charge in [0.2, 0.25) is 0 Å². The molecule has 1 aliphatic carbocycles. The first-order valence-electron chi connectivity index (χ1n) is 7.46. The summed E-state index contributed by atoms with van der Waals surface area (Å²) in [6, 6.07) is 7.17. The van der Waals surface area contributed by atoms with Crippen LogP contribution in [0.2, 0.25) is 5.02 Å². The van der Waals surface area contributed by atoms with Crippen LogP contribution in [-0.2, 0) is 0 Å². The molecule has 0 bridgehead atoms. The number of nitro groups is 1. The number of halogens is 1. The number of rotatable bonds is 2. The minimum atomic E-state index is -0.394. The summed E-state index contributed by atoms with van der Waals surface area (Å²) in [7, 11) is 0. The molecule has 2 aromatic rings. The molecular weight excluding hydrogens is 314 g/mol. The summed E-state index contributed by atoms with van der Waals surface area (Å²) in [6.07, 6.45) is 8.78. The van der Waals surface area contributed by atoms with E-state index in [4.69, 9.17) is 11.6 Å². The molecule has 23 heavy (non-hydrogen) atoms. The maximum atomic E-state index is 11.1. The van der Waals surface area contributed by atoms with Crippen molar-refractivity contribution in [2.45, 2.75) is 18.4 Å². The Morgan fingerprint density at radius 2 is 2.09 bits per heavy atom. The monoisotopic (exact) mass is 327 g/mol. The molecule has 0 unspecified atom stereocenters. The molecule has 2 aliphatic rings. The van der Waals surface area contributed by atoms with Crippen LogP contribution >= 0.6 is 11.6 Å². The standard InChI is InChI=1S/C17H14ClN3O2/c18-15-9-11(21(22)23)8-14-12-2-1-3-13(12)16(20-17(14)15)10-4-6-19-7-5-10/h1-2,4-9,12-13,16,20H,3H2/t12-,13-,16-/m1/s1. The third-order valence-electron chi connectivity index (χ3n) is 4.68. The topological polar surface area (TPSA) is 68.1 Å². The largest absolute Gasteiger partial charge is 0.376 e. The average Bonchev–Trinajstić information content (AvgIpc) is 3.04. The van der Waals surface area contributed by atoms with Crippen LogP contribution in [0.4, 0.5) is 11.4 Å². The number of pyridine rings is 1. The van der Waals surface area contributed by atoms with E-state index in [1.165, 1.54) is 6.07 Å². The Bertz CT molecular complexity index is 807. The number of hydrogen-bond donors (Lipinski definition) is 1. The van der Waals surface area contributed by atoms with Gasteiger partial charge in [-0.15, -0.1) is 0 Å². The molecule has 5 nitrogen and oxygen atoms in total. The van der Waals surface area contributed by atoms with Crippen molar-refractivity contribution in [3.63, 3.8) is 0 Å². The lowest BCUT2D eigenvalue weighted by atomic mass is 9.77. The van der Waals surface area contributed by atoms with Crippen molar-refractivity contribution in [1.82, 2.24) is 4.98 Å². The average molecular weight is 328 g/mol. The second kappa shape index (κ2) is 5.35. The number of non-ortho nitro benzene ring substituents is 1. The first-order chi connectivity index (χ1) is 11.1. The molecule has 6 heteroatoms. The number of fused-ring (bicyclic) bond motifs is 3. The second-order valence-electron chi connectivity index (χ2n) is 5.90. The molecule has 4 rings (SSSR count). The normalized spacial score (nSPS) is 24.7. The molecule has 1 aliphatic heterocycles. The highest BCUT2D eigenvalue weighted by Gasteiger charge is 2.39. The number of nitro benzene ring substituents is 1. The lowest BCUT2D eigenvalue weighted by Gasteiger charge is -2.37. The van der Waals surface area contributed by atoms with Gasteiger partial charge in [-0.2, -0.15) is 0 Å². The zero-order chi connectivity index (χ0) is 16.0. The van der Waals surface area contributed by atoms with Crippen LogP contribution < -0.4 is 5.32 Å². The van der Waals surface area contributed by atoms with Gasteiger partial charge in [0.05, 0.1) is 21.7 Å². The van der Waals surface area contributed by atoms with Crippen LogP contribution in [0.25, 0.3) is 0 Å². The van der Waals surface area contributed by atoms with E-state index in [1.807, 2.05) is 12.1 Å². The van der Waals surface area contributed by atoms with Gasteiger partial charge in [-0.25, -0.2) is 0 Å². The number of anilines is 1. The molecule has 0 saturated carbocycles. The van der Waals surface area contributed by atoms with Crippen molar-refractivity contribution in [3.8, 4) is 0 Å². The van der Waals surface area contributed by atoms with E-state index in [0.717, 1.165) is 23.2 Å². The zero-order valence-corrected chi connectivity index (χ0v) is 12.9. The molecule has 1 aromatic carbocycles. The summed E-state index contributed by atoms with van der Waals surface area (Å²) in [6.45, 7) is 0. The highest BCUT2D eigenvalue weighted by molar-refractivity contribution is 6.33. The number of benzene rings is 1. The molecule has 1 N–H and O–H groups in total. The van der Waals surface area contributed by atoms with Crippen molar-refractivity contribution in [3.05, 3.63) is 75.1 Å². The van der Waals surface area contributed by atoms with Crippen molar-refractivity contribution in [2.75, 3.05) is 5.32 Å². The fourth-order valence-corrected chi connectivity index (χ4v) is 3.92. The Kier molecular flexibility index (Phi) is 3.31. The van der Waals surface area contributed by atoms with Gasteiger partial charge in [0.15, 0.2) is 0 Å². The van der Waals surface area contributed by atoms with Crippen molar-refractivity contribution in [1.29, 1.82) is 0 Å². The second-order valence-corrected chi connectivity index (χ2v) is 6.31. The van der Waals surface area contributed by atoms with Gasteiger partial charge in [-0.05, 0) is 35.6 Å². The minimum absolute atomic E-state index is 0.0389. The van der Waals surface area contributed by atoms with Gasteiger partial charge in [0.25, 0.3) is 5.69 Å². The molecule has 0 fully saturated rings. The Balaban J connectivity index is 1.84. The third-order valence-corrected chi connectivity index (χ3v) is 4.98. The van der Waals surface area contributed by atoms with E-state index in [0.29, 0.717) is 10.9 Å². The lowest BCUT2D eigenvalue weighted by Crippen LogP contribution is -2.29. The maximum absolute atomic E-state index is 11.1. The molecule has 0 spiro atoms. The van der Waals surface area contributed by atoms with Crippen molar-refractivity contribution < 1.29 is 4.92 Å². The lowest BCUT2D eigenvalue weighted by molar-refractivity contribution is -0.384. The zero-order valence-electron chi connectivity index (χ0n) is 12.1. The van der Waals surface area contributed by atoms with E-state index in [9.17, 15) is 10.1 Å². The van der Waals surface area contributed by atoms with Crippen LogP contribution in [0.3, 0.4) is 0 Å². The van der Waals surface area contributed by atoms with Crippen molar-refractivity contribution in [2.24, 2.45) is 5.92 Å². The fraction of sp³-hybridized carbons (Fsp3) is 0.235. The van der Waals surface area contributed by atoms with Gasteiger partial charge in [0.1, 0.15) is 0 Å². The summed E-state index contributed by atoms with van der Waals surface area (Å²) >= 11 is 6.33. The van der Waals surface area contributed by atoms with Gasteiger partial charge >= 0.3 is 0 Å². The summed E-state index contributed by atoms with van der Waals surface area (Å²) in [5, 5.41) is 15.0. The SMILES string of the molecule is O=[N+]([O-])c1cc(Cl)c2c(c1)[C@@H]1C=CC[C@H]1[C@@H](c1ccncc1)N2. The first kappa shape index (κ1) is 14.2. The summed E-state index contributed by atoms with van der Waals surface area (Å²) in [5.41, 5.74) is 2.90. The molecule has 116 valence electrons. The van der Waals surface area contributed by atoms with Gasteiger partial charge < -0.3 is 5.32 Å².